The first-order valence-corrected chi connectivity index (χ1v) is 34.4. The highest BCUT2D eigenvalue weighted by molar-refractivity contribution is 6.27. The first-order chi connectivity index (χ1) is 49.6. The molecule has 5 nitrogen and oxygen atoms in total. The maximum atomic E-state index is 4.29. The molecule has 22 aromatic rings. The number of hydrogen-bond acceptors (Lipinski definition) is 1. The monoisotopic (exact) mass is 1270 g/mol. The Labute approximate surface area is 574 Å². The van der Waals surface area contributed by atoms with E-state index in [1.54, 1.807) is 0 Å². The first-order valence-electron chi connectivity index (χ1n) is 34.4. The van der Waals surface area contributed by atoms with Gasteiger partial charge in [0.1, 0.15) is 0 Å². The van der Waals surface area contributed by atoms with Gasteiger partial charge in [-0.05, 0) is 184 Å². The molecule has 22 rings (SSSR count). The zero-order valence-electron chi connectivity index (χ0n) is 54.3. The fourth-order valence-electron chi connectivity index (χ4n) is 16.9. The fourth-order valence-corrected chi connectivity index (χ4v) is 16.9. The fraction of sp³-hybridized carbons (Fsp3) is 0. The molecule has 5 heterocycles. The molecule has 0 saturated heterocycles. The molecule has 0 aliphatic heterocycles. The van der Waals surface area contributed by atoms with Gasteiger partial charge >= 0.3 is 0 Å². The molecule has 0 N–H and O–H groups in total. The molecule has 464 valence electrons. The van der Waals surface area contributed by atoms with Gasteiger partial charge in [-0.2, -0.15) is 0 Å². The summed E-state index contributed by atoms with van der Waals surface area (Å²) in [5.41, 5.74) is 19.0. The maximum Gasteiger partial charge on any atom is 0.0547 e. The van der Waals surface area contributed by atoms with E-state index in [4.69, 9.17) is 0 Å². The third-order valence-electron chi connectivity index (χ3n) is 21.3. The molecule has 0 spiro atoms. The Balaban J connectivity index is 0.000000131. The normalized spacial score (nSPS) is 12.0. The maximum absolute atomic E-state index is 4.29. The Bertz CT molecular complexity index is 6650. The minimum Gasteiger partial charge on any atom is -0.309 e. The van der Waals surface area contributed by atoms with Gasteiger partial charge < -0.3 is 18.3 Å². The van der Waals surface area contributed by atoms with Gasteiger partial charge in [0.15, 0.2) is 0 Å². The minimum atomic E-state index is 1.11. The van der Waals surface area contributed by atoms with E-state index in [1.165, 1.54) is 185 Å². The number of fused-ring (bicyclic) bond motifs is 24. The lowest BCUT2D eigenvalue weighted by Gasteiger charge is -2.14. The van der Waals surface area contributed by atoms with Gasteiger partial charge in [0.25, 0.3) is 0 Å². The molecule has 0 aliphatic carbocycles. The third kappa shape index (κ3) is 8.46. The van der Waals surface area contributed by atoms with Crippen LogP contribution in [0.2, 0.25) is 0 Å². The van der Waals surface area contributed by atoms with Crippen LogP contribution in [0.1, 0.15) is 0 Å². The molecule has 0 bridgehead atoms. The first kappa shape index (κ1) is 55.9. The van der Waals surface area contributed by atoms with Gasteiger partial charge in [-0.1, -0.05) is 249 Å². The molecule has 17 aromatic carbocycles. The second kappa shape index (κ2) is 22.1. The minimum absolute atomic E-state index is 1.11. The van der Waals surface area contributed by atoms with Crippen LogP contribution in [-0.2, 0) is 0 Å². The highest BCUT2D eigenvalue weighted by Crippen LogP contribution is 2.44. The smallest absolute Gasteiger partial charge is 0.0547 e. The highest BCUT2D eigenvalue weighted by atomic mass is 15.0. The van der Waals surface area contributed by atoms with Crippen molar-refractivity contribution in [1.82, 2.24) is 23.3 Å². The number of aromatic nitrogens is 5. The number of nitrogens with zero attached hydrogens (tertiary/aromatic N) is 5. The highest BCUT2D eigenvalue weighted by Gasteiger charge is 2.21. The largest absolute Gasteiger partial charge is 0.309 e. The molecule has 0 unspecified atom stereocenters. The van der Waals surface area contributed by atoms with Crippen molar-refractivity contribution in [3.8, 4) is 45.0 Å². The van der Waals surface area contributed by atoms with Crippen molar-refractivity contribution in [2.45, 2.75) is 0 Å². The average molecular weight is 1270 g/mol. The lowest BCUT2D eigenvalue weighted by molar-refractivity contribution is 1.16. The van der Waals surface area contributed by atoms with Crippen molar-refractivity contribution in [2.75, 3.05) is 0 Å². The molecular weight excluding hydrogens is 1210 g/mol. The number of para-hydroxylation sites is 5. The Morgan fingerprint density at radius 2 is 0.360 bits per heavy atom. The molecule has 0 atom stereocenters. The number of benzene rings is 17. The summed E-state index contributed by atoms with van der Waals surface area (Å²) in [5, 5.41) is 25.5. The second-order valence-corrected chi connectivity index (χ2v) is 26.5. The molecule has 0 amide bonds. The van der Waals surface area contributed by atoms with Gasteiger partial charge in [-0.3, -0.25) is 4.98 Å². The van der Waals surface area contributed by atoms with E-state index in [0.29, 0.717) is 0 Å². The number of pyridine rings is 1. The van der Waals surface area contributed by atoms with Crippen LogP contribution in [0.25, 0.3) is 197 Å². The summed E-state index contributed by atoms with van der Waals surface area (Å²) in [6, 6.07) is 127. The Kier molecular flexibility index (Phi) is 12.4. The van der Waals surface area contributed by atoms with Gasteiger partial charge in [0, 0.05) is 78.2 Å². The molecule has 5 aromatic heterocycles. The summed E-state index contributed by atoms with van der Waals surface area (Å²) >= 11 is 0. The van der Waals surface area contributed by atoms with E-state index in [-0.39, 0.29) is 0 Å². The van der Waals surface area contributed by atoms with Crippen molar-refractivity contribution < 1.29 is 0 Å². The number of rotatable bonds is 6. The molecular formula is C95H59N5. The third-order valence-corrected chi connectivity index (χ3v) is 21.3. The Hall–Kier alpha value is -13.4. The lowest BCUT2D eigenvalue weighted by atomic mass is 9.94. The average Bonchev–Trinajstić information content (AvgIpc) is 1.37. The Morgan fingerprint density at radius 3 is 0.670 bits per heavy atom. The van der Waals surface area contributed by atoms with Gasteiger partial charge in [0.05, 0.1) is 44.1 Å². The van der Waals surface area contributed by atoms with Crippen LogP contribution in [0, 0.1) is 0 Å². The van der Waals surface area contributed by atoms with Crippen LogP contribution in [0.4, 0.5) is 0 Å². The van der Waals surface area contributed by atoms with Crippen LogP contribution in [-0.4, -0.2) is 23.3 Å². The van der Waals surface area contributed by atoms with Crippen LogP contribution in [0.15, 0.2) is 358 Å². The van der Waals surface area contributed by atoms with Crippen molar-refractivity contribution >= 4 is 152 Å². The van der Waals surface area contributed by atoms with E-state index < -0.39 is 0 Å². The van der Waals surface area contributed by atoms with Gasteiger partial charge in [0.2, 0.25) is 0 Å². The van der Waals surface area contributed by atoms with Crippen molar-refractivity contribution in [1.29, 1.82) is 0 Å². The molecule has 100 heavy (non-hydrogen) atoms. The summed E-state index contributed by atoms with van der Waals surface area (Å²) in [4.78, 5) is 4.29. The van der Waals surface area contributed by atoms with E-state index in [9.17, 15) is 0 Å². The molecule has 0 saturated carbocycles. The van der Waals surface area contributed by atoms with Crippen LogP contribution in [0.3, 0.4) is 0 Å². The number of hydrogen-bond donors (Lipinski definition) is 0. The summed E-state index contributed by atoms with van der Waals surface area (Å²) in [6.45, 7) is 0. The van der Waals surface area contributed by atoms with E-state index in [0.717, 1.165) is 11.4 Å². The van der Waals surface area contributed by atoms with Crippen molar-refractivity contribution in [3.05, 3.63) is 358 Å². The molecule has 0 fully saturated rings. The van der Waals surface area contributed by atoms with E-state index in [2.05, 4.69) is 369 Å². The molecule has 5 heteroatoms. The summed E-state index contributed by atoms with van der Waals surface area (Å²) in [6.07, 6.45) is 3.73. The Morgan fingerprint density at radius 1 is 0.140 bits per heavy atom. The quantitative estimate of drug-likeness (QED) is 0.153. The van der Waals surface area contributed by atoms with E-state index >= 15 is 0 Å². The van der Waals surface area contributed by atoms with Crippen molar-refractivity contribution in [2.24, 2.45) is 0 Å². The van der Waals surface area contributed by atoms with Crippen molar-refractivity contribution in [3.63, 3.8) is 0 Å². The van der Waals surface area contributed by atoms with E-state index in [1.807, 2.05) is 12.4 Å². The predicted molar refractivity (Wildman–Crippen MR) is 424 cm³/mol. The zero-order valence-corrected chi connectivity index (χ0v) is 54.3. The summed E-state index contributed by atoms with van der Waals surface area (Å²) in [7, 11) is 0. The summed E-state index contributed by atoms with van der Waals surface area (Å²) in [5.74, 6) is 0. The topological polar surface area (TPSA) is 32.6 Å². The SMILES string of the molecule is c1ccc(-n2c3ccccc3c3ccc(-c4ccc5c6ccccc6n(-c6ccc7c8ccccc8c8ccccc8c7c6)c5c4)cc32)cc1.c1ccc2c(c1)c1ccccc1c1cc(-n3c4ccccc4c4ccc(-c5ccc6c7ccccc7n(-c7ccncc7)c6c5)cc43)ccc21. The summed E-state index contributed by atoms with van der Waals surface area (Å²) < 4.78 is 9.66. The second-order valence-electron chi connectivity index (χ2n) is 26.5. The molecule has 0 aliphatic rings. The lowest BCUT2D eigenvalue weighted by Crippen LogP contribution is -1.95. The van der Waals surface area contributed by atoms with Crippen LogP contribution >= 0.6 is 0 Å². The van der Waals surface area contributed by atoms with Gasteiger partial charge in [-0.25, -0.2) is 0 Å². The zero-order chi connectivity index (χ0) is 65.5. The standard InChI is InChI=1S/C48H30N2.C47H29N3/c1-2-12-33(13-3-1)49-45-20-10-8-18-40(45)42-25-22-31(28-47(42)49)32-23-26-43-41-19-9-11-21-46(41)50(48(43)29-32)34-24-27-39-37-16-5-4-14-35(37)36-15-6-7-17-38(36)44(39)30-34;1-2-11-36-34(9-1)35-10-3-4-12-37(35)43-29-33(19-22-38(36)43)50-45-16-8-6-14-40(45)42-21-18-31(28-47(42)50)30-17-20-41-39-13-5-7-15-44(39)49(46(41)27-30)32-23-25-48-26-24-32/h1-30H;1-29H. The van der Waals surface area contributed by atoms with Gasteiger partial charge in [-0.15, -0.1) is 0 Å². The van der Waals surface area contributed by atoms with Crippen LogP contribution < -0.4 is 0 Å². The molecule has 0 radical (unpaired) electrons. The van der Waals surface area contributed by atoms with Crippen LogP contribution in [0.5, 0.6) is 0 Å². The predicted octanol–water partition coefficient (Wildman–Crippen LogP) is 25.4.